The van der Waals surface area contributed by atoms with Crippen molar-refractivity contribution in [1.82, 2.24) is 14.5 Å². The van der Waals surface area contributed by atoms with Crippen LogP contribution in [0.1, 0.15) is 24.1 Å². The summed E-state index contributed by atoms with van der Waals surface area (Å²) in [5.74, 6) is 1.77. The first-order chi connectivity index (χ1) is 11.7. The molecule has 1 saturated heterocycles. The van der Waals surface area contributed by atoms with E-state index in [0.29, 0.717) is 5.02 Å². The van der Waals surface area contributed by atoms with Crippen LogP contribution in [0.2, 0.25) is 5.02 Å². The average molecular weight is 336 g/mol. The number of benzene rings is 1. The molecule has 0 spiro atoms. The zero-order chi connectivity index (χ0) is 16.5. The van der Waals surface area contributed by atoms with Crippen molar-refractivity contribution in [1.29, 1.82) is 0 Å². The maximum atomic E-state index is 6.24. The first-order valence-electron chi connectivity index (χ1n) is 8.37. The molecule has 3 nitrogen and oxygen atoms in total. The molecule has 0 saturated carbocycles. The van der Waals surface area contributed by atoms with Gasteiger partial charge in [0.05, 0.1) is 0 Å². The van der Waals surface area contributed by atoms with E-state index in [9.17, 15) is 0 Å². The van der Waals surface area contributed by atoms with Crippen molar-refractivity contribution >= 4 is 30.6 Å². The molecule has 1 aliphatic heterocycles. The number of halogens is 1. The molecular formula is C19H19BClN3. The van der Waals surface area contributed by atoms with Crippen molar-refractivity contribution in [2.75, 3.05) is 13.1 Å². The standard InChI is InChI=1S/C19H19BClN3/c20-12-16-11-17(21)19-8-7-18(22-24(16)19)15-5-3-14(4-6-15)13-23-9-1-2-10-23/h3-8,11-12,20H,1-2,9-10,13H2. The van der Waals surface area contributed by atoms with Crippen molar-refractivity contribution in [2.24, 2.45) is 0 Å². The second kappa shape index (κ2) is 6.54. The fourth-order valence-corrected chi connectivity index (χ4v) is 3.60. The summed E-state index contributed by atoms with van der Waals surface area (Å²) in [4.78, 5) is 2.51. The van der Waals surface area contributed by atoms with Crippen LogP contribution >= 0.6 is 11.6 Å². The predicted molar refractivity (Wildman–Crippen MR) is 102 cm³/mol. The van der Waals surface area contributed by atoms with E-state index in [1.165, 1.54) is 31.5 Å². The van der Waals surface area contributed by atoms with Gasteiger partial charge in [-0.2, -0.15) is 0 Å². The molecule has 1 fully saturated rings. The Kier molecular flexibility index (Phi) is 4.25. The van der Waals surface area contributed by atoms with E-state index in [2.05, 4.69) is 36.7 Å². The Balaban J connectivity index is 1.63. The van der Waals surface area contributed by atoms with E-state index in [0.717, 1.165) is 29.0 Å². The third-order valence-electron chi connectivity index (χ3n) is 4.66. The van der Waals surface area contributed by atoms with Crippen LogP contribution in [0.15, 0.2) is 42.5 Å². The zero-order valence-corrected chi connectivity index (χ0v) is 14.3. The van der Waals surface area contributed by atoms with Gasteiger partial charge in [0.1, 0.15) is 0 Å². The molecule has 1 aliphatic rings. The Hall–Kier alpha value is -1.91. The summed E-state index contributed by atoms with van der Waals surface area (Å²) in [6.07, 6.45) is 2.65. The molecule has 24 heavy (non-hydrogen) atoms. The van der Waals surface area contributed by atoms with Gasteiger partial charge in [-0.15, -0.1) is 0 Å². The van der Waals surface area contributed by atoms with Crippen molar-refractivity contribution in [3.8, 4) is 11.3 Å². The van der Waals surface area contributed by atoms with Crippen molar-refractivity contribution in [3.05, 3.63) is 58.7 Å². The molecule has 0 unspecified atom stereocenters. The zero-order valence-electron chi connectivity index (χ0n) is 13.6. The van der Waals surface area contributed by atoms with E-state index in [-0.39, 0.29) is 0 Å². The Morgan fingerprint density at radius 2 is 1.83 bits per heavy atom. The second-order valence-electron chi connectivity index (χ2n) is 6.32. The summed E-state index contributed by atoms with van der Waals surface area (Å²) in [5, 5.41) is 5.42. The third-order valence-corrected chi connectivity index (χ3v) is 4.97. The van der Waals surface area contributed by atoms with Crippen LogP contribution in [0.5, 0.6) is 0 Å². The van der Waals surface area contributed by atoms with Crippen LogP contribution in [-0.4, -0.2) is 41.1 Å². The normalized spacial score (nSPS) is 15.2. The van der Waals surface area contributed by atoms with Crippen LogP contribution < -0.4 is 0 Å². The summed E-state index contributed by atoms with van der Waals surface area (Å²) in [6.45, 7) is 3.48. The minimum atomic E-state index is 0.699. The molecule has 0 amide bonds. The molecule has 0 N–H and O–H groups in total. The molecule has 120 valence electrons. The average Bonchev–Trinajstić information content (AvgIpc) is 3.23. The molecule has 0 aliphatic carbocycles. The number of rotatable bonds is 4. The monoisotopic (exact) mass is 335 g/mol. The molecule has 5 heteroatoms. The van der Waals surface area contributed by atoms with Crippen LogP contribution in [0.25, 0.3) is 16.8 Å². The number of hydrogen-bond acceptors (Lipinski definition) is 2. The van der Waals surface area contributed by atoms with E-state index in [4.69, 9.17) is 16.7 Å². The fraction of sp³-hybridized carbons (Fsp3) is 0.263. The van der Waals surface area contributed by atoms with E-state index in [1.54, 1.807) is 5.97 Å². The molecule has 2 aromatic heterocycles. The van der Waals surface area contributed by atoms with Crippen LogP contribution in [0.3, 0.4) is 0 Å². The quantitative estimate of drug-likeness (QED) is 0.682. The number of likely N-dealkylation sites (tertiary alicyclic amines) is 1. The van der Waals surface area contributed by atoms with Gasteiger partial charge in [0.15, 0.2) is 0 Å². The van der Waals surface area contributed by atoms with Gasteiger partial charge >= 0.3 is 135 Å². The van der Waals surface area contributed by atoms with Gasteiger partial charge in [-0.05, 0) is 12.8 Å². The molecule has 0 bridgehead atoms. The number of aromatic nitrogens is 2. The fourth-order valence-electron chi connectivity index (χ4n) is 3.35. The van der Waals surface area contributed by atoms with E-state index >= 15 is 0 Å². The summed E-state index contributed by atoms with van der Waals surface area (Å²) in [7, 11) is 3.83. The summed E-state index contributed by atoms with van der Waals surface area (Å²) >= 11 is 6.24. The summed E-state index contributed by atoms with van der Waals surface area (Å²) < 4.78 is 1.85. The Morgan fingerprint density at radius 1 is 1.08 bits per heavy atom. The third kappa shape index (κ3) is 2.92. The molecule has 3 heterocycles. The number of hydrogen-bond donors (Lipinski definition) is 0. The van der Waals surface area contributed by atoms with Crippen molar-refractivity contribution in [3.63, 3.8) is 0 Å². The molecule has 0 radical (unpaired) electrons. The van der Waals surface area contributed by atoms with Crippen molar-refractivity contribution < 1.29 is 0 Å². The van der Waals surface area contributed by atoms with Crippen LogP contribution in [0.4, 0.5) is 0 Å². The number of fused-ring (bicyclic) bond motifs is 1. The molecule has 1 aromatic carbocycles. The van der Waals surface area contributed by atoms with Gasteiger partial charge in [0.2, 0.25) is 0 Å². The van der Waals surface area contributed by atoms with Gasteiger partial charge in [-0.1, -0.05) is 0 Å². The van der Waals surface area contributed by atoms with Crippen LogP contribution in [0, 0.1) is 0 Å². The summed E-state index contributed by atoms with van der Waals surface area (Å²) in [5.41, 5.74) is 5.22. The van der Waals surface area contributed by atoms with Gasteiger partial charge in [-0.3, -0.25) is 0 Å². The molecule has 0 atom stereocenters. The van der Waals surface area contributed by atoms with Gasteiger partial charge in [-0.25, -0.2) is 0 Å². The predicted octanol–water partition coefficient (Wildman–Crippen LogP) is 3.30. The first-order valence-corrected chi connectivity index (χ1v) is 8.75. The molecule has 4 rings (SSSR count). The van der Waals surface area contributed by atoms with Crippen molar-refractivity contribution in [2.45, 2.75) is 19.4 Å². The topological polar surface area (TPSA) is 20.5 Å². The number of nitrogens with zero attached hydrogens (tertiary/aromatic N) is 3. The Labute approximate surface area is 147 Å². The first kappa shape index (κ1) is 15.6. The molecule has 3 aromatic rings. The Bertz CT molecular complexity index is 880. The van der Waals surface area contributed by atoms with Gasteiger partial charge < -0.3 is 0 Å². The van der Waals surface area contributed by atoms with Crippen LogP contribution in [-0.2, 0) is 6.54 Å². The second-order valence-corrected chi connectivity index (χ2v) is 6.72. The van der Waals surface area contributed by atoms with E-state index in [1.807, 2.05) is 22.7 Å². The maximum absolute atomic E-state index is 6.24. The summed E-state index contributed by atoms with van der Waals surface area (Å²) in [6, 6.07) is 14.6. The van der Waals surface area contributed by atoms with E-state index < -0.39 is 0 Å². The molecular weight excluding hydrogens is 316 g/mol. The SMILES string of the molecule is B=Cc1cc(Cl)c2ccc(-c3ccc(CN4CCCC4)cc3)nn12. The van der Waals surface area contributed by atoms with Gasteiger partial charge in [0.25, 0.3) is 0 Å². The van der Waals surface area contributed by atoms with Gasteiger partial charge in [0, 0.05) is 0 Å². The Morgan fingerprint density at radius 3 is 2.54 bits per heavy atom. The minimum absolute atomic E-state index is 0.699.